The summed E-state index contributed by atoms with van der Waals surface area (Å²) in [5, 5.41) is 23.3. The van der Waals surface area contributed by atoms with Crippen molar-refractivity contribution in [2.45, 2.75) is 52.6 Å². The Balaban J connectivity index is 4.85. The second-order valence-corrected chi connectivity index (χ2v) is 6.06. The van der Waals surface area contributed by atoms with Gasteiger partial charge < -0.3 is 15.7 Å². The van der Waals surface area contributed by atoms with Gasteiger partial charge in [-0.05, 0) is 33.1 Å². The molecule has 0 aromatic rings. The van der Waals surface area contributed by atoms with Crippen LogP contribution >= 0.6 is 0 Å². The van der Waals surface area contributed by atoms with Gasteiger partial charge in [-0.25, -0.2) is 4.79 Å². The number of nitrogens with one attached hydrogen (secondary N) is 2. The summed E-state index contributed by atoms with van der Waals surface area (Å²) < 4.78 is 0. The fraction of sp³-hybridized carbons (Fsp3) is 0.643. The van der Waals surface area contributed by atoms with Gasteiger partial charge in [0.25, 0.3) is 5.91 Å². The first-order valence-corrected chi connectivity index (χ1v) is 6.48. The molecule has 0 aliphatic carbocycles. The van der Waals surface area contributed by atoms with Crippen molar-refractivity contribution in [1.82, 2.24) is 10.6 Å². The number of rotatable bonds is 6. The minimum atomic E-state index is -1.10. The molecule has 3 N–H and O–H groups in total. The van der Waals surface area contributed by atoms with E-state index in [4.69, 9.17) is 10.4 Å². The number of carbonyl (C=O) groups is 2. The van der Waals surface area contributed by atoms with Crippen molar-refractivity contribution in [2.75, 3.05) is 0 Å². The second-order valence-electron chi connectivity index (χ2n) is 6.06. The van der Waals surface area contributed by atoms with Gasteiger partial charge in [0, 0.05) is 11.7 Å². The molecule has 6 nitrogen and oxygen atoms in total. The molecule has 0 bridgehead atoms. The van der Waals surface area contributed by atoms with Crippen LogP contribution in [0.25, 0.3) is 0 Å². The zero-order valence-corrected chi connectivity index (χ0v) is 12.7. The van der Waals surface area contributed by atoms with E-state index in [1.54, 1.807) is 6.07 Å². The van der Waals surface area contributed by atoms with Crippen LogP contribution in [0.4, 0.5) is 0 Å². The third kappa shape index (κ3) is 7.41. The molecule has 112 valence electrons. The summed E-state index contributed by atoms with van der Waals surface area (Å²) in [5.41, 5.74) is -0.429. The van der Waals surface area contributed by atoms with Gasteiger partial charge >= 0.3 is 5.97 Å². The normalized spacial score (nSPS) is 13.6. The van der Waals surface area contributed by atoms with Crippen LogP contribution in [0.15, 0.2) is 11.8 Å². The highest BCUT2D eigenvalue weighted by Crippen LogP contribution is 2.06. The molecule has 0 aromatic carbocycles. The SMILES string of the molecule is CC(C)CC(NC(=O)/C(C#N)=C\NC(C)(C)C)C(=O)O. The number of carboxylic acid groups (broad SMARTS) is 1. The number of hydrogen-bond acceptors (Lipinski definition) is 4. The summed E-state index contributed by atoms with van der Waals surface area (Å²) >= 11 is 0. The average molecular weight is 281 g/mol. The lowest BCUT2D eigenvalue weighted by atomic mass is 10.0. The number of amides is 1. The van der Waals surface area contributed by atoms with Crippen molar-refractivity contribution in [3.8, 4) is 6.07 Å². The lowest BCUT2D eigenvalue weighted by Gasteiger charge is -2.19. The third-order valence-electron chi connectivity index (χ3n) is 2.33. The molecule has 0 rings (SSSR count). The molecular formula is C14H23N3O3. The van der Waals surface area contributed by atoms with Gasteiger partial charge in [0.05, 0.1) is 0 Å². The van der Waals surface area contributed by atoms with Crippen LogP contribution in [-0.4, -0.2) is 28.6 Å². The molecule has 1 amide bonds. The fourth-order valence-electron chi connectivity index (χ4n) is 1.37. The molecule has 1 unspecified atom stereocenters. The predicted octanol–water partition coefficient (Wildman–Crippen LogP) is 1.40. The molecule has 0 saturated heterocycles. The van der Waals surface area contributed by atoms with Gasteiger partial charge in [-0.1, -0.05) is 13.8 Å². The Morgan fingerprint density at radius 3 is 2.25 bits per heavy atom. The van der Waals surface area contributed by atoms with E-state index in [-0.39, 0.29) is 17.0 Å². The van der Waals surface area contributed by atoms with Crippen molar-refractivity contribution in [2.24, 2.45) is 5.92 Å². The summed E-state index contributed by atoms with van der Waals surface area (Å²) in [6.07, 6.45) is 1.62. The Labute approximate surface area is 119 Å². The van der Waals surface area contributed by atoms with Gasteiger partial charge in [-0.15, -0.1) is 0 Å². The minimum absolute atomic E-state index is 0.124. The minimum Gasteiger partial charge on any atom is -0.480 e. The zero-order valence-electron chi connectivity index (χ0n) is 12.7. The van der Waals surface area contributed by atoms with Gasteiger partial charge in [0.15, 0.2) is 0 Å². The molecule has 0 heterocycles. The Bertz CT molecular complexity index is 428. The van der Waals surface area contributed by atoms with Crippen molar-refractivity contribution in [1.29, 1.82) is 5.26 Å². The van der Waals surface area contributed by atoms with E-state index in [0.717, 1.165) is 0 Å². The summed E-state index contributed by atoms with van der Waals surface area (Å²) in [6.45, 7) is 9.38. The van der Waals surface area contributed by atoms with E-state index < -0.39 is 17.9 Å². The number of nitriles is 1. The number of carbonyl (C=O) groups excluding carboxylic acids is 1. The number of aliphatic carboxylic acids is 1. The van der Waals surface area contributed by atoms with Crippen LogP contribution in [0.5, 0.6) is 0 Å². The first-order chi connectivity index (χ1) is 9.06. The van der Waals surface area contributed by atoms with Crippen LogP contribution in [-0.2, 0) is 9.59 Å². The Morgan fingerprint density at radius 2 is 1.90 bits per heavy atom. The first kappa shape index (κ1) is 18.0. The third-order valence-corrected chi connectivity index (χ3v) is 2.33. The van der Waals surface area contributed by atoms with E-state index in [1.165, 1.54) is 6.20 Å². The van der Waals surface area contributed by atoms with Crippen LogP contribution in [0.3, 0.4) is 0 Å². The molecule has 1 atom stereocenters. The van der Waals surface area contributed by atoms with Crippen LogP contribution < -0.4 is 10.6 Å². The lowest BCUT2D eigenvalue weighted by molar-refractivity contribution is -0.141. The van der Waals surface area contributed by atoms with Crippen LogP contribution in [0.2, 0.25) is 0 Å². The summed E-state index contributed by atoms with van der Waals surface area (Å²) in [5.74, 6) is -1.66. The van der Waals surface area contributed by atoms with Gasteiger partial charge in [-0.2, -0.15) is 5.26 Å². The van der Waals surface area contributed by atoms with E-state index in [9.17, 15) is 9.59 Å². The standard InChI is InChI=1S/C14H23N3O3/c1-9(2)6-11(13(19)20)17-12(18)10(7-15)8-16-14(3,4)5/h8-9,11,16H,6H2,1-5H3,(H,17,18)(H,19,20)/b10-8-. The van der Waals surface area contributed by atoms with Crippen LogP contribution in [0, 0.1) is 17.2 Å². The Morgan fingerprint density at radius 1 is 1.35 bits per heavy atom. The second kappa shape index (κ2) is 7.53. The maximum absolute atomic E-state index is 11.9. The summed E-state index contributed by atoms with van der Waals surface area (Å²) in [6, 6.07) is 0.774. The maximum atomic E-state index is 11.9. The van der Waals surface area contributed by atoms with Crippen molar-refractivity contribution in [3.63, 3.8) is 0 Å². The van der Waals surface area contributed by atoms with Crippen molar-refractivity contribution in [3.05, 3.63) is 11.8 Å². The zero-order chi connectivity index (χ0) is 15.9. The Kier molecular flexibility index (Phi) is 6.77. The molecule has 0 aromatic heterocycles. The highest BCUT2D eigenvalue weighted by molar-refractivity contribution is 5.99. The summed E-state index contributed by atoms with van der Waals surface area (Å²) in [4.78, 5) is 22.9. The fourth-order valence-corrected chi connectivity index (χ4v) is 1.37. The van der Waals surface area contributed by atoms with E-state index in [1.807, 2.05) is 34.6 Å². The molecular weight excluding hydrogens is 258 g/mol. The average Bonchev–Trinajstić information content (AvgIpc) is 2.26. The molecule has 20 heavy (non-hydrogen) atoms. The van der Waals surface area contributed by atoms with E-state index >= 15 is 0 Å². The first-order valence-electron chi connectivity index (χ1n) is 6.48. The lowest BCUT2D eigenvalue weighted by Crippen LogP contribution is -2.42. The molecule has 0 aliphatic heterocycles. The molecule has 0 spiro atoms. The topological polar surface area (TPSA) is 102 Å². The number of hydrogen-bond donors (Lipinski definition) is 3. The van der Waals surface area contributed by atoms with Crippen molar-refractivity contribution < 1.29 is 14.7 Å². The maximum Gasteiger partial charge on any atom is 0.326 e. The van der Waals surface area contributed by atoms with Crippen LogP contribution in [0.1, 0.15) is 41.0 Å². The highest BCUT2D eigenvalue weighted by atomic mass is 16.4. The van der Waals surface area contributed by atoms with Crippen molar-refractivity contribution >= 4 is 11.9 Å². The van der Waals surface area contributed by atoms with Gasteiger partial charge in [0.1, 0.15) is 17.7 Å². The van der Waals surface area contributed by atoms with Gasteiger partial charge in [-0.3, -0.25) is 4.79 Å². The quantitative estimate of drug-likeness (QED) is 0.504. The number of carboxylic acids is 1. The predicted molar refractivity (Wildman–Crippen MR) is 75.6 cm³/mol. The smallest absolute Gasteiger partial charge is 0.326 e. The summed E-state index contributed by atoms with van der Waals surface area (Å²) in [7, 11) is 0. The van der Waals surface area contributed by atoms with E-state index in [0.29, 0.717) is 6.42 Å². The number of nitrogens with zero attached hydrogens (tertiary/aromatic N) is 1. The molecule has 6 heteroatoms. The van der Waals surface area contributed by atoms with Gasteiger partial charge in [0.2, 0.25) is 0 Å². The monoisotopic (exact) mass is 281 g/mol. The molecule has 0 radical (unpaired) electrons. The molecule has 0 aliphatic rings. The van der Waals surface area contributed by atoms with E-state index in [2.05, 4.69) is 10.6 Å². The molecule has 0 saturated carbocycles. The highest BCUT2D eigenvalue weighted by Gasteiger charge is 2.23. The Hall–Kier alpha value is -2.03. The largest absolute Gasteiger partial charge is 0.480 e. The molecule has 0 fully saturated rings.